The lowest BCUT2D eigenvalue weighted by molar-refractivity contribution is -0.140. The van der Waals surface area contributed by atoms with E-state index in [0.29, 0.717) is 46.9 Å². The molecular weight excluding hydrogens is 436 g/mol. The number of hydrogen-bond donors (Lipinski definition) is 1. The molecule has 8 nitrogen and oxygen atoms in total. The Morgan fingerprint density at radius 1 is 1.06 bits per heavy atom. The molecule has 182 valence electrons. The second kappa shape index (κ2) is 10.6. The van der Waals surface area contributed by atoms with Crippen molar-refractivity contribution in [3.8, 4) is 17.2 Å². The Hall–Kier alpha value is -3.52. The number of aliphatic hydroxyl groups is 1. The van der Waals surface area contributed by atoms with Gasteiger partial charge in [0.15, 0.2) is 11.5 Å². The Morgan fingerprint density at radius 3 is 2.38 bits per heavy atom. The maximum atomic E-state index is 13.3. The summed E-state index contributed by atoms with van der Waals surface area (Å²) in [5, 5.41) is 11.4. The van der Waals surface area contributed by atoms with Crippen LogP contribution in [0.2, 0.25) is 0 Å². The van der Waals surface area contributed by atoms with Crippen molar-refractivity contribution in [2.75, 3.05) is 48.5 Å². The minimum absolute atomic E-state index is 0.0228. The van der Waals surface area contributed by atoms with E-state index in [1.54, 1.807) is 43.5 Å². The van der Waals surface area contributed by atoms with Gasteiger partial charge in [-0.15, -0.1) is 0 Å². The normalized spacial score (nSPS) is 17.4. The number of amides is 1. The Kier molecular flexibility index (Phi) is 7.83. The summed E-state index contributed by atoms with van der Waals surface area (Å²) in [7, 11) is 8.48. The van der Waals surface area contributed by atoms with Gasteiger partial charge in [-0.1, -0.05) is 12.1 Å². The van der Waals surface area contributed by atoms with Gasteiger partial charge in [-0.25, -0.2) is 0 Å². The standard InChI is InChI=1S/C26H32N2O6/c1-16-15-17(32-4)11-12-18(16)23(29)21-22(19-9-7-10-20(33-5)25(19)34-6)28(26(31)24(21)30)14-8-13-27(2)3/h7,9-12,15,22,29H,8,13-14H2,1-6H3/b23-21+/t22-/m0/s1. The van der Waals surface area contributed by atoms with E-state index in [4.69, 9.17) is 14.2 Å². The van der Waals surface area contributed by atoms with Crippen molar-refractivity contribution < 1.29 is 28.9 Å². The van der Waals surface area contributed by atoms with Gasteiger partial charge in [-0.3, -0.25) is 9.59 Å². The third-order valence-electron chi connectivity index (χ3n) is 5.96. The molecule has 0 radical (unpaired) electrons. The molecule has 2 aromatic rings. The molecule has 8 heteroatoms. The Labute approximate surface area is 200 Å². The highest BCUT2D eigenvalue weighted by Gasteiger charge is 2.47. The molecule has 1 saturated heterocycles. The van der Waals surface area contributed by atoms with Crippen LogP contribution in [0.5, 0.6) is 17.2 Å². The van der Waals surface area contributed by atoms with Gasteiger partial charge >= 0.3 is 0 Å². The molecule has 0 bridgehead atoms. The number of aliphatic hydroxyl groups excluding tert-OH is 1. The lowest BCUT2D eigenvalue weighted by Crippen LogP contribution is -2.32. The van der Waals surface area contributed by atoms with Gasteiger partial charge in [0.1, 0.15) is 11.5 Å². The molecule has 0 saturated carbocycles. The lowest BCUT2D eigenvalue weighted by atomic mass is 9.93. The zero-order chi connectivity index (χ0) is 25.0. The summed E-state index contributed by atoms with van der Waals surface area (Å²) in [6, 6.07) is 9.63. The summed E-state index contributed by atoms with van der Waals surface area (Å²) in [4.78, 5) is 30.0. The van der Waals surface area contributed by atoms with Crippen molar-refractivity contribution in [2.24, 2.45) is 0 Å². The highest BCUT2D eigenvalue weighted by Crippen LogP contribution is 2.45. The van der Waals surface area contributed by atoms with Crippen molar-refractivity contribution in [3.63, 3.8) is 0 Å². The second-order valence-corrected chi connectivity index (χ2v) is 8.41. The first-order valence-corrected chi connectivity index (χ1v) is 11.0. The minimum Gasteiger partial charge on any atom is -0.507 e. The molecule has 0 spiro atoms. The van der Waals surface area contributed by atoms with Gasteiger partial charge in [0.2, 0.25) is 0 Å². The van der Waals surface area contributed by atoms with E-state index < -0.39 is 17.7 Å². The van der Waals surface area contributed by atoms with Crippen LogP contribution in [0.25, 0.3) is 5.76 Å². The third kappa shape index (κ3) is 4.72. The summed E-state index contributed by atoms with van der Waals surface area (Å²) < 4.78 is 16.3. The van der Waals surface area contributed by atoms with Gasteiger partial charge in [-0.2, -0.15) is 0 Å². The van der Waals surface area contributed by atoms with Crippen molar-refractivity contribution in [3.05, 3.63) is 58.7 Å². The molecule has 1 aliphatic heterocycles. The van der Waals surface area contributed by atoms with Crippen LogP contribution in [-0.4, -0.2) is 75.1 Å². The first kappa shape index (κ1) is 25.1. The van der Waals surface area contributed by atoms with E-state index in [2.05, 4.69) is 0 Å². The number of hydrogen-bond acceptors (Lipinski definition) is 7. The van der Waals surface area contributed by atoms with Crippen LogP contribution in [0.1, 0.15) is 29.2 Å². The zero-order valence-corrected chi connectivity index (χ0v) is 20.5. The number of ketones is 1. The maximum absolute atomic E-state index is 13.3. The predicted molar refractivity (Wildman–Crippen MR) is 129 cm³/mol. The fourth-order valence-corrected chi connectivity index (χ4v) is 4.29. The van der Waals surface area contributed by atoms with Crippen molar-refractivity contribution in [2.45, 2.75) is 19.4 Å². The number of para-hydroxylation sites is 1. The molecule has 2 aromatic carbocycles. The Balaban J connectivity index is 2.22. The predicted octanol–water partition coefficient (Wildman–Crippen LogP) is 3.39. The van der Waals surface area contributed by atoms with Gasteiger partial charge in [0.25, 0.3) is 11.7 Å². The monoisotopic (exact) mass is 468 g/mol. The smallest absolute Gasteiger partial charge is 0.295 e. The number of methoxy groups -OCH3 is 3. The molecule has 0 aromatic heterocycles. The molecule has 1 amide bonds. The fraction of sp³-hybridized carbons (Fsp3) is 0.385. The van der Waals surface area contributed by atoms with Gasteiger partial charge in [-0.05, 0) is 63.8 Å². The quantitative estimate of drug-likeness (QED) is 0.343. The zero-order valence-electron chi connectivity index (χ0n) is 20.5. The van der Waals surface area contributed by atoms with Crippen molar-refractivity contribution >= 4 is 17.4 Å². The van der Waals surface area contributed by atoms with Gasteiger partial charge < -0.3 is 29.1 Å². The Bertz CT molecular complexity index is 1110. The minimum atomic E-state index is -0.825. The molecule has 1 N–H and O–H groups in total. The summed E-state index contributed by atoms with van der Waals surface area (Å²) in [5.74, 6) is -0.104. The number of ether oxygens (including phenoxy) is 3. The second-order valence-electron chi connectivity index (χ2n) is 8.41. The summed E-state index contributed by atoms with van der Waals surface area (Å²) in [5.41, 5.74) is 1.76. The van der Waals surface area contributed by atoms with Crippen LogP contribution in [-0.2, 0) is 9.59 Å². The molecular formula is C26H32N2O6. The van der Waals surface area contributed by atoms with Crippen LogP contribution in [0.3, 0.4) is 0 Å². The SMILES string of the molecule is COc1ccc(/C(O)=C2\C(=O)C(=O)N(CCCN(C)C)[C@H]2c2cccc(OC)c2OC)c(C)c1. The van der Waals surface area contributed by atoms with Crippen LogP contribution in [0, 0.1) is 6.92 Å². The van der Waals surface area contributed by atoms with E-state index in [1.807, 2.05) is 25.9 Å². The highest BCUT2D eigenvalue weighted by molar-refractivity contribution is 6.46. The first-order valence-electron chi connectivity index (χ1n) is 11.0. The summed E-state index contributed by atoms with van der Waals surface area (Å²) in [6.45, 7) is 2.89. The lowest BCUT2D eigenvalue weighted by Gasteiger charge is -2.27. The molecule has 1 heterocycles. The average molecular weight is 469 g/mol. The molecule has 1 atom stereocenters. The highest BCUT2D eigenvalue weighted by atomic mass is 16.5. The van der Waals surface area contributed by atoms with Gasteiger partial charge in [0.05, 0.1) is 32.9 Å². The number of likely N-dealkylation sites (tertiary alicyclic amines) is 1. The van der Waals surface area contributed by atoms with E-state index in [0.717, 1.165) is 6.54 Å². The van der Waals surface area contributed by atoms with Gasteiger partial charge in [0, 0.05) is 17.7 Å². The number of benzene rings is 2. The number of nitrogens with zero attached hydrogens (tertiary/aromatic N) is 2. The number of carbonyl (C=O) groups is 2. The molecule has 0 unspecified atom stereocenters. The number of aryl methyl sites for hydroxylation is 1. The van der Waals surface area contributed by atoms with Crippen molar-refractivity contribution in [1.82, 2.24) is 9.80 Å². The summed E-state index contributed by atoms with van der Waals surface area (Å²) in [6.07, 6.45) is 0.657. The molecule has 1 aliphatic rings. The largest absolute Gasteiger partial charge is 0.507 e. The van der Waals surface area contributed by atoms with Crippen LogP contribution in [0.15, 0.2) is 42.0 Å². The van der Waals surface area contributed by atoms with Crippen LogP contribution >= 0.6 is 0 Å². The van der Waals surface area contributed by atoms with Crippen molar-refractivity contribution in [1.29, 1.82) is 0 Å². The van der Waals surface area contributed by atoms with E-state index >= 15 is 0 Å². The maximum Gasteiger partial charge on any atom is 0.295 e. The van der Waals surface area contributed by atoms with E-state index in [-0.39, 0.29) is 11.3 Å². The van der Waals surface area contributed by atoms with E-state index in [1.165, 1.54) is 19.1 Å². The topological polar surface area (TPSA) is 88.5 Å². The number of carbonyl (C=O) groups excluding carboxylic acids is 2. The molecule has 34 heavy (non-hydrogen) atoms. The molecule has 3 rings (SSSR count). The van der Waals surface area contributed by atoms with E-state index in [9.17, 15) is 14.7 Å². The fourth-order valence-electron chi connectivity index (χ4n) is 4.29. The number of Topliss-reactive ketones (excluding diaryl/α,β-unsaturated/α-hetero) is 1. The summed E-state index contributed by atoms with van der Waals surface area (Å²) >= 11 is 0. The third-order valence-corrected chi connectivity index (χ3v) is 5.96. The van der Waals surface area contributed by atoms with Crippen LogP contribution in [0.4, 0.5) is 0 Å². The average Bonchev–Trinajstić information content (AvgIpc) is 3.07. The number of rotatable bonds is 9. The molecule has 0 aliphatic carbocycles. The first-order chi connectivity index (χ1) is 16.2. The Morgan fingerprint density at radius 2 is 1.79 bits per heavy atom. The van der Waals surface area contributed by atoms with Crippen LogP contribution < -0.4 is 14.2 Å². The molecule has 1 fully saturated rings.